The van der Waals surface area contributed by atoms with Crippen LogP contribution in [0.3, 0.4) is 0 Å². The van der Waals surface area contributed by atoms with Gasteiger partial charge in [0.05, 0.1) is 6.61 Å². The Bertz CT molecular complexity index is 383. The molecule has 2 nitrogen and oxygen atoms in total. The van der Waals surface area contributed by atoms with Gasteiger partial charge in [-0.1, -0.05) is 20.8 Å². The highest BCUT2D eigenvalue weighted by Crippen LogP contribution is 2.42. The molecule has 0 spiro atoms. The van der Waals surface area contributed by atoms with Crippen molar-refractivity contribution >= 4 is 5.69 Å². The van der Waals surface area contributed by atoms with Crippen LogP contribution in [-0.2, 0) is 0 Å². The highest BCUT2D eigenvalue weighted by Gasteiger charge is 2.36. The number of hydrogen-bond donors (Lipinski definition) is 1. The average molecular weight is 247 g/mol. The normalized spacial score (nSPS) is 26.0. The topological polar surface area (TPSA) is 21.3 Å². The van der Waals surface area contributed by atoms with Gasteiger partial charge in [0.2, 0.25) is 0 Å². The zero-order valence-corrected chi connectivity index (χ0v) is 12.0. The van der Waals surface area contributed by atoms with Crippen molar-refractivity contribution in [3.05, 3.63) is 24.3 Å². The van der Waals surface area contributed by atoms with Crippen LogP contribution < -0.4 is 10.1 Å². The molecule has 18 heavy (non-hydrogen) atoms. The van der Waals surface area contributed by atoms with Crippen molar-refractivity contribution in [2.24, 2.45) is 11.3 Å². The van der Waals surface area contributed by atoms with Gasteiger partial charge in [-0.15, -0.1) is 0 Å². The van der Waals surface area contributed by atoms with E-state index in [0.717, 1.165) is 18.3 Å². The minimum Gasteiger partial charge on any atom is -0.494 e. The van der Waals surface area contributed by atoms with Gasteiger partial charge in [0.1, 0.15) is 5.75 Å². The van der Waals surface area contributed by atoms with Crippen molar-refractivity contribution in [2.75, 3.05) is 11.9 Å². The predicted molar refractivity (Wildman–Crippen MR) is 77.2 cm³/mol. The molecule has 2 rings (SSSR count). The molecule has 100 valence electrons. The van der Waals surface area contributed by atoms with Crippen LogP contribution in [-0.4, -0.2) is 12.6 Å². The molecule has 0 heterocycles. The molecule has 1 fully saturated rings. The number of hydrogen-bond acceptors (Lipinski definition) is 2. The Labute approximate surface area is 111 Å². The smallest absolute Gasteiger partial charge is 0.119 e. The van der Waals surface area contributed by atoms with Crippen molar-refractivity contribution in [2.45, 2.75) is 46.6 Å². The summed E-state index contributed by atoms with van der Waals surface area (Å²) in [4.78, 5) is 0. The Morgan fingerprint density at radius 1 is 1.22 bits per heavy atom. The minimum atomic E-state index is 0.475. The summed E-state index contributed by atoms with van der Waals surface area (Å²) in [6.07, 6.45) is 2.56. The van der Waals surface area contributed by atoms with Crippen LogP contribution in [0.15, 0.2) is 24.3 Å². The van der Waals surface area contributed by atoms with E-state index >= 15 is 0 Å². The van der Waals surface area contributed by atoms with Crippen LogP contribution >= 0.6 is 0 Å². The molecule has 0 saturated heterocycles. The monoisotopic (exact) mass is 247 g/mol. The SMILES string of the molecule is CCOc1ccc(NC2CC(C)(C)CC2C)cc1. The maximum Gasteiger partial charge on any atom is 0.119 e. The maximum absolute atomic E-state index is 5.46. The van der Waals surface area contributed by atoms with E-state index in [4.69, 9.17) is 4.74 Å². The van der Waals surface area contributed by atoms with Gasteiger partial charge >= 0.3 is 0 Å². The Kier molecular flexibility index (Phi) is 3.84. The van der Waals surface area contributed by atoms with E-state index in [0.29, 0.717) is 11.5 Å². The first-order chi connectivity index (χ1) is 8.50. The summed E-state index contributed by atoms with van der Waals surface area (Å²) >= 11 is 0. The second-order valence-corrected chi connectivity index (χ2v) is 6.26. The molecule has 0 bridgehead atoms. The molecule has 2 unspecified atom stereocenters. The molecule has 1 aliphatic carbocycles. The molecule has 1 aliphatic rings. The third kappa shape index (κ3) is 3.18. The fraction of sp³-hybridized carbons (Fsp3) is 0.625. The summed E-state index contributed by atoms with van der Waals surface area (Å²) in [6.45, 7) is 9.81. The maximum atomic E-state index is 5.46. The van der Waals surface area contributed by atoms with Crippen LogP contribution in [0.1, 0.15) is 40.5 Å². The number of benzene rings is 1. The first-order valence-corrected chi connectivity index (χ1v) is 6.99. The molecule has 1 aromatic carbocycles. The molecule has 1 saturated carbocycles. The molecule has 2 heteroatoms. The van der Waals surface area contributed by atoms with Crippen molar-refractivity contribution in [1.82, 2.24) is 0 Å². The molecule has 0 amide bonds. The minimum absolute atomic E-state index is 0.475. The first kappa shape index (κ1) is 13.3. The summed E-state index contributed by atoms with van der Waals surface area (Å²) in [7, 11) is 0. The van der Waals surface area contributed by atoms with E-state index in [9.17, 15) is 0 Å². The molecule has 1 aromatic rings. The van der Waals surface area contributed by atoms with E-state index in [1.165, 1.54) is 18.5 Å². The molecule has 0 aliphatic heterocycles. The molecule has 0 aromatic heterocycles. The first-order valence-electron chi connectivity index (χ1n) is 6.99. The lowest BCUT2D eigenvalue weighted by atomic mass is 9.91. The third-order valence-electron chi connectivity index (χ3n) is 3.85. The quantitative estimate of drug-likeness (QED) is 0.855. The molecular formula is C16H25NO. The Morgan fingerprint density at radius 3 is 2.39 bits per heavy atom. The van der Waals surface area contributed by atoms with E-state index in [1.807, 2.05) is 19.1 Å². The fourth-order valence-corrected chi connectivity index (χ4v) is 3.12. The van der Waals surface area contributed by atoms with E-state index in [1.54, 1.807) is 0 Å². The number of rotatable bonds is 4. The average Bonchev–Trinajstić information content (AvgIpc) is 2.55. The van der Waals surface area contributed by atoms with Crippen molar-refractivity contribution in [3.63, 3.8) is 0 Å². The van der Waals surface area contributed by atoms with Gasteiger partial charge in [-0.3, -0.25) is 0 Å². The van der Waals surface area contributed by atoms with Crippen LogP contribution in [0.5, 0.6) is 5.75 Å². The van der Waals surface area contributed by atoms with Crippen LogP contribution in [0.2, 0.25) is 0 Å². The summed E-state index contributed by atoms with van der Waals surface area (Å²) in [5.41, 5.74) is 1.68. The van der Waals surface area contributed by atoms with Crippen molar-refractivity contribution < 1.29 is 4.74 Å². The highest BCUT2D eigenvalue weighted by molar-refractivity contribution is 5.47. The van der Waals surface area contributed by atoms with E-state index in [-0.39, 0.29) is 0 Å². The summed E-state index contributed by atoms with van der Waals surface area (Å²) in [5.74, 6) is 1.69. The largest absolute Gasteiger partial charge is 0.494 e. The standard InChI is InChI=1S/C16H25NO/c1-5-18-14-8-6-13(7-9-14)17-15-11-16(3,4)10-12(15)2/h6-9,12,15,17H,5,10-11H2,1-4H3. The van der Waals surface area contributed by atoms with Crippen LogP contribution in [0, 0.1) is 11.3 Å². The zero-order chi connectivity index (χ0) is 13.2. The Balaban J connectivity index is 1.97. The van der Waals surface area contributed by atoms with Crippen molar-refractivity contribution in [1.29, 1.82) is 0 Å². The second-order valence-electron chi connectivity index (χ2n) is 6.26. The van der Waals surface area contributed by atoms with Crippen molar-refractivity contribution in [3.8, 4) is 5.75 Å². The second kappa shape index (κ2) is 5.21. The molecule has 2 atom stereocenters. The summed E-state index contributed by atoms with van der Waals surface area (Å²) in [5, 5.41) is 3.66. The lowest BCUT2D eigenvalue weighted by Gasteiger charge is -2.20. The summed E-state index contributed by atoms with van der Waals surface area (Å²) in [6, 6.07) is 8.90. The predicted octanol–water partition coefficient (Wildman–Crippen LogP) is 4.32. The number of nitrogens with one attached hydrogen (secondary N) is 1. The van der Waals surface area contributed by atoms with Crippen LogP contribution in [0.4, 0.5) is 5.69 Å². The molecule has 1 N–H and O–H groups in total. The Morgan fingerprint density at radius 2 is 1.89 bits per heavy atom. The lowest BCUT2D eigenvalue weighted by molar-refractivity contribution is 0.340. The fourth-order valence-electron chi connectivity index (χ4n) is 3.12. The van der Waals surface area contributed by atoms with Gasteiger partial charge < -0.3 is 10.1 Å². The van der Waals surface area contributed by atoms with Crippen LogP contribution in [0.25, 0.3) is 0 Å². The van der Waals surface area contributed by atoms with Gasteiger partial charge in [0.25, 0.3) is 0 Å². The molecule has 0 radical (unpaired) electrons. The van der Waals surface area contributed by atoms with Gasteiger partial charge in [-0.2, -0.15) is 0 Å². The molecular weight excluding hydrogens is 222 g/mol. The Hall–Kier alpha value is -1.18. The lowest BCUT2D eigenvalue weighted by Crippen LogP contribution is -2.22. The van der Waals surface area contributed by atoms with Gasteiger partial charge in [0.15, 0.2) is 0 Å². The summed E-state index contributed by atoms with van der Waals surface area (Å²) < 4.78 is 5.46. The van der Waals surface area contributed by atoms with E-state index < -0.39 is 0 Å². The van der Waals surface area contributed by atoms with Gasteiger partial charge in [-0.25, -0.2) is 0 Å². The number of ether oxygens (including phenoxy) is 1. The van der Waals surface area contributed by atoms with Gasteiger partial charge in [-0.05, 0) is 55.4 Å². The third-order valence-corrected chi connectivity index (χ3v) is 3.85. The van der Waals surface area contributed by atoms with E-state index in [2.05, 4.69) is 38.2 Å². The number of anilines is 1. The van der Waals surface area contributed by atoms with Gasteiger partial charge in [0, 0.05) is 11.7 Å². The zero-order valence-electron chi connectivity index (χ0n) is 12.0. The highest BCUT2D eigenvalue weighted by atomic mass is 16.5.